The van der Waals surface area contributed by atoms with Gasteiger partial charge in [0.05, 0.1) is 25.4 Å². The minimum absolute atomic E-state index is 0.256. The highest BCUT2D eigenvalue weighted by molar-refractivity contribution is 5.80. The second-order valence-electron chi connectivity index (χ2n) is 24.3. The van der Waals surface area contributed by atoms with Crippen LogP contribution in [0.5, 0.6) is 0 Å². The van der Waals surface area contributed by atoms with E-state index in [1.165, 1.54) is 250 Å². The molecular weight excluding hydrogens is 979 g/mol. The van der Waals surface area contributed by atoms with Crippen molar-refractivity contribution in [3.05, 3.63) is 12.2 Å². The maximum absolute atomic E-state index is 13.2. The van der Waals surface area contributed by atoms with Crippen molar-refractivity contribution in [2.24, 2.45) is 0 Å². The highest BCUT2D eigenvalue weighted by Gasteiger charge is 2.44. The topological polar surface area (TPSA) is 189 Å². The van der Waals surface area contributed by atoms with E-state index < -0.39 is 74.2 Å². The predicted molar refractivity (Wildman–Crippen MR) is 326 cm³/mol. The molecule has 0 saturated carbocycles. The van der Waals surface area contributed by atoms with Crippen LogP contribution in [0.3, 0.4) is 0 Å². The Kier molecular flexibility index (Phi) is 54.1. The third kappa shape index (κ3) is 43.5. The monoisotopic (exact) mass is 1110 g/mol. The molecule has 8 N–H and O–H groups in total. The molecule has 0 spiro atoms. The molecule has 11 nitrogen and oxygen atoms in total. The zero-order valence-corrected chi connectivity index (χ0v) is 51.2. The Labute approximate surface area is 481 Å². The Bertz CT molecular complexity index is 1270. The van der Waals surface area contributed by atoms with E-state index in [0.29, 0.717) is 19.3 Å². The molecule has 0 aromatic rings. The van der Waals surface area contributed by atoms with E-state index in [4.69, 9.17) is 9.47 Å². The van der Waals surface area contributed by atoms with Crippen LogP contribution in [0.2, 0.25) is 0 Å². The second-order valence-corrected chi connectivity index (χ2v) is 24.3. The summed E-state index contributed by atoms with van der Waals surface area (Å²) in [7, 11) is 0. The van der Waals surface area contributed by atoms with Gasteiger partial charge in [0.15, 0.2) is 6.29 Å². The number of carbonyl (C=O) groups is 1. The Balaban J connectivity index is 2.21. The summed E-state index contributed by atoms with van der Waals surface area (Å²) in [6.07, 6.45) is 57.1. The van der Waals surface area contributed by atoms with Crippen LogP contribution in [-0.2, 0) is 14.3 Å². The highest BCUT2D eigenvalue weighted by Crippen LogP contribution is 2.24. The number of nitrogens with one attached hydrogen (secondary N) is 1. The number of hydrogen-bond acceptors (Lipinski definition) is 10. The number of unbranched alkanes of at least 4 members (excludes halogenated alkanes) is 46. The third-order valence-corrected chi connectivity index (χ3v) is 16.8. The molecule has 1 aliphatic heterocycles. The molecule has 78 heavy (non-hydrogen) atoms. The predicted octanol–water partition coefficient (Wildman–Crippen LogP) is 15.9. The number of amides is 1. The van der Waals surface area contributed by atoms with Crippen LogP contribution < -0.4 is 5.32 Å². The van der Waals surface area contributed by atoms with E-state index in [1.54, 1.807) is 0 Å². The van der Waals surface area contributed by atoms with E-state index >= 15 is 0 Å². The van der Waals surface area contributed by atoms with E-state index in [0.717, 1.165) is 51.4 Å². The maximum atomic E-state index is 13.2. The summed E-state index contributed by atoms with van der Waals surface area (Å²) in [5, 5.41) is 76.5. The van der Waals surface area contributed by atoms with Gasteiger partial charge in [-0.25, -0.2) is 0 Å². The molecule has 1 saturated heterocycles. The number of ether oxygens (including phenoxy) is 2. The van der Waals surface area contributed by atoms with Crippen LogP contribution in [0, 0.1) is 0 Å². The average molecular weight is 1110 g/mol. The average Bonchev–Trinajstić information content (AvgIpc) is 3.46. The van der Waals surface area contributed by atoms with Crippen LogP contribution in [0.4, 0.5) is 0 Å². The van der Waals surface area contributed by atoms with Gasteiger partial charge in [-0.15, -0.1) is 0 Å². The second kappa shape index (κ2) is 56.3. The summed E-state index contributed by atoms with van der Waals surface area (Å²) >= 11 is 0. The summed E-state index contributed by atoms with van der Waals surface area (Å²) in [6, 6.07) is -1.17. The lowest BCUT2D eigenvalue weighted by Gasteiger charge is -2.40. The van der Waals surface area contributed by atoms with Crippen LogP contribution in [0.25, 0.3) is 0 Å². The van der Waals surface area contributed by atoms with Gasteiger partial charge in [-0.1, -0.05) is 315 Å². The van der Waals surface area contributed by atoms with Gasteiger partial charge in [-0.2, -0.15) is 0 Å². The molecule has 0 aliphatic carbocycles. The Morgan fingerprint density at radius 1 is 0.436 bits per heavy atom. The number of carbonyl (C=O) groups excluding carboxylic acids is 1. The molecule has 1 aliphatic rings. The van der Waals surface area contributed by atoms with Crippen molar-refractivity contribution >= 4 is 5.91 Å². The Morgan fingerprint density at radius 3 is 1.08 bits per heavy atom. The molecule has 0 aromatic carbocycles. The lowest BCUT2D eigenvalue weighted by atomic mass is 9.98. The smallest absolute Gasteiger partial charge is 0.249 e. The first-order valence-corrected chi connectivity index (χ1v) is 34.1. The highest BCUT2D eigenvalue weighted by atomic mass is 16.7. The summed E-state index contributed by atoms with van der Waals surface area (Å²) in [5.41, 5.74) is 0. The van der Waals surface area contributed by atoms with Crippen LogP contribution in [0.15, 0.2) is 12.2 Å². The minimum atomic E-state index is -1.66. The summed E-state index contributed by atoms with van der Waals surface area (Å²) < 4.78 is 11.2. The Morgan fingerprint density at radius 2 is 0.744 bits per heavy atom. The van der Waals surface area contributed by atoms with Crippen LogP contribution in [-0.4, -0.2) is 110 Å². The van der Waals surface area contributed by atoms with E-state index in [2.05, 4.69) is 31.3 Å². The largest absolute Gasteiger partial charge is 0.394 e. The maximum Gasteiger partial charge on any atom is 0.249 e. The van der Waals surface area contributed by atoms with Gasteiger partial charge >= 0.3 is 0 Å². The first-order chi connectivity index (χ1) is 38.2. The number of rotatable bonds is 60. The summed E-state index contributed by atoms with van der Waals surface area (Å²) in [4.78, 5) is 13.2. The molecule has 1 amide bonds. The lowest BCUT2D eigenvalue weighted by Crippen LogP contribution is -2.60. The molecule has 0 aromatic heterocycles. The molecule has 0 bridgehead atoms. The molecule has 9 unspecified atom stereocenters. The van der Waals surface area contributed by atoms with E-state index in [9.17, 15) is 40.5 Å². The SMILES string of the molecule is CCCCCCCCCCCCCC/C=C\CCCCCCCCC(O)C(=O)NC(COC1OC(CO)C(O)C(O)C1O)C(O)C(O)CCCCCCCCCCCCCCCCCCCCCCCCCCCCCCC. The minimum Gasteiger partial charge on any atom is -0.394 e. The van der Waals surface area contributed by atoms with Crippen molar-refractivity contribution in [1.29, 1.82) is 0 Å². The van der Waals surface area contributed by atoms with Crippen LogP contribution >= 0.6 is 0 Å². The standard InChI is InChI=1S/C67H131NO10/c1-3-5-7-9-11-13-15-17-19-21-23-25-27-28-29-30-31-32-33-35-36-38-40-42-44-46-48-50-52-54-59(70)62(72)58(57-77-67-65(75)64(74)63(73)61(56-69)78-67)68-66(76)60(71)55-53-51-49-47-45-43-41-39-37-34-26-24-22-20-18-16-14-12-10-8-6-4-2/h37,39,58-65,67,69-75H,3-36,38,40-57H2,1-2H3,(H,68,76)/b39-37-. The normalized spacial score (nSPS) is 19.4. The fraction of sp³-hybridized carbons (Fsp3) is 0.955. The van der Waals surface area contributed by atoms with Crippen molar-refractivity contribution in [2.45, 2.75) is 396 Å². The van der Waals surface area contributed by atoms with Crippen molar-refractivity contribution in [2.75, 3.05) is 13.2 Å². The fourth-order valence-corrected chi connectivity index (χ4v) is 11.3. The first-order valence-electron chi connectivity index (χ1n) is 34.1. The number of aliphatic hydroxyl groups excluding tert-OH is 7. The van der Waals surface area contributed by atoms with Gasteiger partial charge in [0.1, 0.15) is 36.6 Å². The molecule has 1 fully saturated rings. The zero-order chi connectivity index (χ0) is 56.8. The van der Waals surface area contributed by atoms with Gasteiger partial charge < -0.3 is 50.5 Å². The van der Waals surface area contributed by atoms with Gasteiger partial charge in [0, 0.05) is 0 Å². The molecule has 11 heteroatoms. The molecule has 464 valence electrons. The fourth-order valence-electron chi connectivity index (χ4n) is 11.3. The number of hydrogen-bond donors (Lipinski definition) is 8. The zero-order valence-electron chi connectivity index (χ0n) is 51.2. The van der Waals surface area contributed by atoms with Crippen molar-refractivity contribution in [3.8, 4) is 0 Å². The van der Waals surface area contributed by atoms with Crippen LogP contribution in [0.1, 0.15) is 341 Å². The van der Waals surface area contributed by atoms with Gasteiger partial charge in [0.2, 0.25) is 5.91 Å². The third-order valence-electron chi connectivity index (χ3n) is 16.8. The molecule has 1 rings (SSSR count). The van der Waals surface area contributed by atoms with Gasteiger partial charge in [-0.3, -0.25) is 4.79 Å². The first kappa shape index (κ1) is 74.9. The van der Waals surface area contributed by atoms with E-state index in [-0.39, 0.29) is 6.42 Å². The number of aliphatic hydroxyl groups is 7. The molecular formula is C67H131NO10. The summed E-state index contributed by atoms with van der Waals surface area (Å²) in [6.45, 7) is 3.51. The quantitative estimate of drug-likeness (QED) is 0.0215. The van der Waals surface area contributed by atoms with Gasteiger partial charge in [-0.05, 0) is 38.5 Å². The molecule has 9 atom stereocenters. The molecule has 0 radical (unpaired) electrons. The van der Waals surface area contributed by atoms with Crippen molar-refractivity contribution in [1.82, 2.24) is 5.32 Å². The Hall–Kier alpha value is -1.15. The van der Waals surface area contributed by atoms with Crippen molar-refractivity contribution < 1.29 is 50.0 Å². The lowest BCUT2D eigenvalue weighted by molar-refractivity contribution is -0.303. The van der Waals surface area contributed by atoms with Gasteiger partial charge in [0.25, 0.3) is 0 Å². The van der Waals surface area contributed by atoms with Crippen molar-refractivity contribution in [3.63, 3.8) is 0 Å². The molecule has 1 heterocycles. The summed E-state index contributed by atoms with van der Waals surface area (Å²) in [5.74, 6) is -0.695. The van der Waals surface area contributed by atoms with E-state index in [1.807, 2.05) is 0 Å². The number of allylic oxidation sites excluding steroid dienone is 2.